The molecule has 0 fully saturated rings. The standard InChI is InChI=1S/C13H18F2N2O/c1-9-6-7-10(14)13(12(9)15)17-11(18)5-3-2-4-8-16/h6-7H,2-5,8,16H2,1H3,(H,17,18). The molecule has 0 radical (unpaired) electrons. The van der Waals surface area contributed by atoms with Gasteiger partial charge in [-0.05, 0) is 37.9 Å². The lowest BCUT2D eigenvalue weighted by Gasteiger charge is -2.09. The van der Waals surface area contributed by atoms with Gasteiger partial charge in [0.25, 0.3) is 0 Å². The summed E-state index contributed by atoms with van der Waals surface area (Å²) in [5, 5.41) is 2.28. The third-order valence-corrected chi connectivity index (χ3v) is 2.66. The predicted octanol–water partition coefficient (Wildman–Crippen LogP) is 2.73. The van der Waals surface area contributed by atoms with Crippen LogP contribution in [0.1, 0.15) is 31.2 Å². The Morgan fingerprint density at radius 3 is 2.67 bits per heavy atom. The Balaban J connectivity index is 2.57. The van der Waals surface area contributed by atoms with Crippen molar-refractivity contribution >= 4 is 11.6 Å². The summed E-state index contributed by atoms with van der Waals surface area (Å²) in [5.74, 6) is -1.85. The average molecular weight is 256 g/mol. The van der Waals surface area contributed by atoms with Crippen molar-refractivity contribution < 1.29 is 13.6 Å². The molecule has 1 aromatic rings. The lowest BCUT2D eigenvalue weighted by atomic mass is 10.1. The smallest absolute Gasteiger partial charge is 0.224 e. The first-order chi connectivity index (χ1) is 8.56. The molecule has 3 nitrogen and oxygen atoms in total. The number of carbonyl (C=O) groups excluding carboxylic acids is 1. The van der Waals surface area contributed by atoms with E-state index in [1.54, 1.807) is 0 Å². The molecule has 0 aliphatic rings. The van der Waals surface area contributed by atoms with Crippen molar-refractivity contribution in [3.63, 3.8) is 0 Å². The summed E-state index contributed by atoms with van der Waals surface area (Å²) in [7, 11) is 0. The van der Waals surface area contributed by atoms with Crippen molar-refractivity contribution in [2.75, 3.05) is 11.9 Å². The second kappa shape index (κ2) is 7.06. The van der Waals surface area contributed by atoms with Gasteiger partial charge in [-0.15, -0.1) is 0 Å². The van der Waals surface area contributed by atoms with E-state index in [-0.39, 0.29) is 18.0 Å². The van der Waals surface area contributed by atoms with Gasteiger partial charge >= 0.3 is 0 Å². The van der Waals surface area contributed by atoms with Crippen molar-refractivity contribution in [1.82, 2.24) is 0 Å². The highest BCUT2D eigenvalue weighted by Crippen LogP contribution is 2.21. The van der Waals surface area contributed by atoms with E-state index >= 15 is 0 Å². The van der Waals surface area contributed by atoms with Crippen LogP contribution in [0.25, 0.3) is 0 Å². The van der Waals surface area contributed by atoms with Crippen LogP contribution in [0, 0.1) is 18.6 Å². The number of aryl methyl sites for hydroxylation is 1. The molecule has 18 heavy (non-hydrogen) atoms. The molecule has 0 atom stereocenters. The third-order valence-electron chi connectivity index (χ3n) is 2.66. The molecule has 0 aromatic heterocycles. The average Bonchev–Trinajstić information content (AvgIpc) is 2.35. The molecule has 1 aromatic carbocycles. The Labute approximate surface area is 105 Å². The van der Waals surface area contributed by atoms with Crippen molar-refractivity contribution in [3.05, 3.63) is 29.3 Å². The van der Waals surface area contributed by atoms with Gasteiger partial charge in [-0.25, -0.2) is 8.78 Å². The van der Waals surface area contributed by atoms with Crippen LogP contribution in [-0.2, 0) is 4.79 Å². The molecular weight excluding hydrogens is 238 g/mol. The zero-order chi connectivity index (χ0) is 13.5. The van der Waals surface area contributed by atoms with Crippen molar-refractivity contribution in [2.24, 2.45) is 5.73 Å². The zero-order valence-corrected chi connectivity index (χ0v) is 10.4. The number of hydrogen-bond donors (Lipinski definition) is 2. The molecule has 1 amide bonds. The summed E-state index contributed by atoms with van der Waals surface area (Å²) in [4.78, 5) is 11.5. The van der Waals surface area contributed by atoms with Gasteiger partial charge < -0.3 is 11.1 Å². The summed E-state index contributed by atoms with van der Waals surface area (Å²) in [6, 6.07) is 2.48. The number of nitrogens with two attached hydrogens (primary N) is 1. The van der Waals surface area contributed by atoms with E-state index in [2.05, 4.69) is 5.32 Å². The number of hydrogen-bond acceptors (Lipinski definition) is 2. The number of anilines is 1. The molecule has 0 aliphatic carbocycles. The third kappa shape index (κ3) is 4.07. The van der Waals surface area contributed by atoms with Crippen LogP contribution in [0.4, 0.5) is 14.5 Å². The molecule has 0 aliphatic heterocycles. The number of carbonyl (C=O) groups is 1. The fraction of sp³-hybridized carbons (Fsp3) is 0.462. The van der Waals surface area contributed by atoms with E-state index in [9.17, 15) is 13.6 Å². The first-order valence-electron chi connectivity index (χ1n) is 6.00. The zero-order valence-electron chi connectivity index (χ0n) is 10.4. The number of amides is 1. The molecule has 0 saturated heterocycles. The summed E-state index contributed by atoms with van der Waals surface area (Å²) in [6.07, 6.45) is 2.59. The summed E-state index contributed by atoms with van der Waals surface area (Å²) < 4.78 is 27.0. The quantitative estimate of drug-likeness (QED) is 0.769. The van der Waals surface area contributed by atoms with Gasteiger partial charge in [0.2, 0.25) is 5.91 Å². The van der Waals surface area contributed by atoms with Crippen LogP contribution < -0.4 is 11.1 Å². The SMILES string of the molecule is Cc1ccc(F)c(NC(=O)CCCCCN)c1F. The van der Waals surface area contributed by atoms with Gasteiger partial charge in [0.05, 0.1) is 0 Å². The Kier molecular flexibility index (Phi) is 5.71. The molecule has 0 bridgehead atoms. The number of rotatable bonds is 6. The fourth-order valence-corrected chi connectivity index (χ4v) is 1.58. The monoisotopic (exact) mass is 256 g/mol. The van der Waals surface area contributed by atoms with Crippen LogP contribution in [0.15, 0.2) is 12.1 Å². The predicted molar refractivity (Wildman–Crippen MR) is 67.2 cm³/mol. The number of halogens is 2. The van der Waals surface area contributed by atoms with Crippen LogP contribution in [0.3, 0.4) is 0 Å². The summed E-state index contributed by atoms with van der Waals surface area (Å²) >= 11 is 0. The molecule has 0 spiro atoms. The number of nitrogens with one attached hydrogen (secondary N) is 1. The van der Waals surface area contributed by atoms with E-state index in [1.807, 2.05) is 0 Å². The van der Waals surface area contributed by atoms with Crippen LogP contribution >= 0.6 is 0 Å². The second-order valence-corrected chi connectivity index (χ2v) is 4.20. The highest BCUT2D eigenvalue weighted by Gasteiger charge is 2.13. The topological polar surface area (TPSA) is 55.1 Å². The Morgan fingerprint density at radius 1 is 1.28 bits per heavy atom. The molecule has 1 rings (SSSR count). The highest BCUT2D eigenvalue weighted by atomic mass is 19.1. The first-order valence-corrected chi connectivity index (χ1v) is 6.00. The molecule has 100 valence electrons. The van der Waals surface area contributed by atoms with Crippen molar-refractivity contribution in [2.45, 2.75) is 32.6 Å². The van der Waals surface area contributed by atoms with E-state index < -0.39 is 11.6 Å². The molecule has 5 heteroatoms. The molecular formula is C13H18F2N2O. The lowest BCUT2D eigenvalue weighted by molar-refractivity contribution is -0.116. The van der Waals surface area contributed by atoms with E-state index in [4.69, 9.17) is 5.73 Å². The summed E-state index contributed by atoms with van der Waals surface area (Å²) in [6.45, 7) is 2.11. The van der Waals surface area contributed by atoms with Gasteiger partial charge in [-0.2, -0.15) is 0 Å². The highest BCUT2D eigenvalue weighted by molar-refractivity contribution is 5.91. The molecule has 0 saturated carbocycles. The number of benzene rings is 1. The lowest BCUT2D eigenvalue weighted by Crippen LogP contribution is -2.14. The second-order valence-electron chi connectivity index (χ2n) is 4.20. The molecule has 0 unspecified atom stereocenters. The minimum Gasteiger partial charge on any atom is -0.330 e. The number of unbranched alkanes of at least 4 members (excludes halogenated alkanes) is 2. The van der Waals surface area contributed by atoms with Gasteiger partial charge in [0.15, 0.2) is 5.82 Å². The van der Waals surface area contributed by atoms with Crippen LogP contribution in [0.5, 0.6) is 0 Å². The normalized spacial score (nSPS) is 10.4. The van der Waals surface area contributed by atoms with E-state index in [0.29, 0.717) is 18.5 Å². The maximum absolute atomic E-state index is 13.6. The van der Waals surface area contributed by atoms with Gasteiger partial charge in [-0.3, -0.25) is 4.79 Å². The Morgan fingerprint density at radius 2 is 2.00 bits per heavy atom. The molecule has 3 N–H and O–H groups in total. The van der Waals surface area contributed by atoms with Crippen LogP contribution in [-0.4, -0.2) is 12.5 Å². The van der Waals surface area contributed by atoms with E-state index in [1.165, 1.54) is 13.0 Å². The van der Waals surface area contributed by atoms with Crippen LogP contribution in [0.2, 0.25) is 0 Å². The first kappa shape index (κ1) is 14.6. The van der Waals surface area contributed by atoms with Gasteiger partial charge in [0.1, 0.15) is 11.5 Å². The molecule has 0 heterocycles. The maximum Gasteiger partial charge on any atom is 0.224 e. The minimum atomic E-state index is -0.756. The van der Waals surface area contributed by atoms with Gasteiger partial charge in [0, 0.05) is 6.42 Å². The minimum absolute atomic E-state index is 0.243. The van der Waals surface area contributed by atoms with E-state index in [0.717, 1.165) is 18.9 Å². The Hall–Kier alpha value is -1.49. The van der Waals surface area contributed by atoms with Gasteiger partial charge in [-0.1, -0.05) is 12.5 Å². The fourth-order valence-electron chi connectivity index (χ4n) is 1.58. The summed E-state index contributed by atoms with van der Waals surface area (Å²) in [5.41, 5.74) is 5.26. The Bertz CT molecular complexity index is 422. The largest absolute Gasteiger partial charge is 0.330 e. The van der Waals surface area contributed by atoms with Crippen molar-refractivity contribution in [1.29, 1.82) is 0 Å². The maximum atomic E-state index is 13.6. The van der Waals surface area contributed by atoms with Crippen molar-refractivity contribution in [3.8, 4) is 0 Å².